The van der Waals surface area contributed by atoms with Gasteiger partial charge in [-0.2, -0.15) is 0 Å². The fraction of sp³-hybridized carbons (Fsp3) is 0.444. The Balaban J connectivity index is 2.06. The minimum absolute atomic E-state index is 0.0712. The maximum Gasteiger partial charge on any atom is 0.273 e. The number of ether oxygens (including phenoxy) is 1. The number of nitrogens with zero attached hydrogens (tertiary/aromatic N) is 2. The zero-order chi connectivity index (χ0) is 18.4. The lowest BCUT2D eigenvalue weighted by atomic mass is 10.2. The van der Waals surface area contributed by atoms with Crippen molar-refractivity contribution in [3.8, 4) is 17.1 Å². The van der Waals surface area contributed by atoms with Crippen LogP contribution in [0.25, 0.3) is 11.4 Å². The zero-order valence-electron chi connectivity index (χ0n) is 15.0. The number of carbonyl (C=O) groups excluding carboxylic acids is 1. The summed E-state index contributed by atoms with van der Waals surface area (Å²) in [6.07, 6.45) is 0.552. The van der Waals surface area contributed by atoms with Crippen molar-refractivity contribution in [1.29, 1.82) is 0 Å². The van der Waals surface area contributed by atoms with Gasteiger partial charge < -0.3 is 15.0 Å². The number of hydrogen-bond donors (Lipinski definition) is 2. The molecule has 0 radical (unpaired) electrons. The number of hydrogen-bond acceptors (Lipinski definition) is 5. The fourth-order valence-corrected chi connectivity index (χ4v) is 2.24. The molecule has 1 amide bonds. The first kappa shape index (κ1) is 18.6. The number of H-pyrrole nitrogens is 1. The molecule has 134 valence electrons. The first-order chi connectivity index (χ1) is 11.8. The molecule has 0 saturated carbocycles. The highest BCUT2D eigenvalue weighted by Crippen LogP contribution is 2.19. The van der Waals surface area contributed by atoms with Gasteiger partial charge in [0.05, 0.1) is 6.10 Å². The Morgan fingerprint density at radius 1 is 1.16 bits per heavy atom. The topological polar surface area (TPSA) is 97.0 Å². The van der Waals surface area contributed by atoms with Crippen LogP contribution in [0.3, 0.4) is 0 Å². The highest BCUT2D eigenvalue weighted by atomic mass is 16.5. The molecule has 0 aliphatic heterocycles. The molecule has 0 unspecified atom stereocenters. The molecule has 0 fully saturated rings. The Kier molecular flexibility index (Phi) is 6.27. The van der Waals surface area contributed by atoms with Crippen molar-refractivity contribution in [3.05, 3.63) is 40.3 Å². The van der Waals surface area contributed by atoms with Gasteiger partial charge in [0.2, 0.25) is 5.91 Å². The summed E-state index contributed by atoms with van der Waals surface area (Å²) in [5.41, 5.74) is 0.664. The lowest BCUT2D eigenvalue weighted by molar-refractivity contribution is -0.121. The normalized spacial score (nSPS) is 11.0. The second-order valence-corrected chi connectivity index (χ2v) is 6.36. The first-order valence-electron chi connectivity index (χ1n) is 8.37. The summed E-state index contributed by atoms with van der Waals surface area (Å²) in [4.78, 5) is 26.5. The van der Waals surface area contributed by atoms with E-state index in [1.54, 1.807) is 0 Å². The summed E-state index contributed by atoms with van der Waals surface area (Å²) in [7, 11) is 0. The summed E-state index contributed by atoms with van der Waals surface area (Å²) in [6.45, 7) is 7.68. The standard InChI is InChI=1S/C18H24N4O3/c1-11(2)19-16(23)10-9-15-18(24)20-17(22-21-15)13-5-7-14(8-6-13)25-12(3)4/h5-8,11-12H,9-10H2,1-4H3,(H,19,23)(H,20,22,24). The SMILES string of the molecule is CC(C)NC(=O)CCc1nnc(-c2ccc(OC(C)C)cc2)[nH]c1=O. The molecule has 1 heterocycles. The van der Waals surface area contributed by atoms with Crippen LogP contribution in [0.5, 0.6) is 5.75 Å². The van der Waals surface area contributed by atoms with Crippen molar-refractivity contribution >= 4 is 5.91 Å². The second kappa shape index (κ2) is 8.41. The van der Waals surface area contributed by atoms with E-state index in [0.717, 1.165) is 11.3 Å². The van der Waals surface area contributed by atoms with Gasteiger partial charge in [-0.05, 0) is 52.0 Å². The molecule has 2 N–H and O–H groups in total. The lowest BCUT2D eigenvalue weighted by Crippen LogP contribution is -2.31. The van der Waals surface area contributed by atoms with Crippen LogP contribution in [0.2, 0.25) is 0 Å². The van der Waals surface area contributed by atoms with E-state index in [0.29, 0.717) is 5.82 Å². The molecular weight excluding hydrogens is 320 g/mol. The highest BCUT2D eigenvalue weighted by molar-refractivity contribution is 5.76. The maximum absolute atomic E-state index is 12.1. The molecule has 2 rings (SSSR count). The minimum atomic E-state index is -0.329. The van der Waals surface area contributed by atoms with E-state index in [4.69, 9.17) is 4.74 Å². The van der Waals surface area contributed by atoms with Crippen LogP contribution in [0, 0.1) is 0 Å². The van der Waals surface area contributed by atoms with Gasteiger partial charge in [-0.15, -0.1) is 10.2 Å². The largest absolute Gasteiger partial charge is 0.491 e. The molecule has 0 aliphatic rings. The van der Waals surface area contributed by atoms with Crippen LogP contribution < -0.4 is 15.6 Å². The summed E-state index contributed by atoms with van der Waals surface area (Å²) in [5.74, 6) is 1.03. The van der Waals surface area contributed by atoms with Gasteiger partial charge in [-0.25, -0.2) is 0 Å². The van der Waals surface area contributed by atoms with Gasteiger partial charge in [0.1, 0.15) is 11.4 Å². The van der Waals surface area contributed by atoms with Crippen molar-refractivity contribution in [1.82, 2.24) is 20.5 Å². The number of amides is 1. The van der Waals surface area contributed by atoms with Crippen molar-refractivity contribution in [2.45, 2.75) is 52.7 Å². The first-order valence-corrected chi connectivity index (χ1v) is 8.37. The van der Waals surface area contributed by atoms with Crippen LogP contribution in [0.15, 0.2) is 29.1 Å². The van der Waals surface area contributed by atoms with Gasteiger partial charge in [0.25, 0.3) is 5.56 Å². The van der Waals surface area contributed by atoms with E-state index in [1.807, 2.05) is 52.0 Å². The Morgan fingerprint density at radius 3 is 2.40 bits per heavy atom. The van der Waals surface area contributed by atoms with E-state index in [-0.39, 0.29) is 42.1 Å². The van der Waals surface area contributed by atoms with E-state index < -0.39 is 0 Å². The monoisotopic (exact) mass is 344 g/mol. The molecule has 0 bridgehead atoms. The van der Waals surface area contributed by atoms with Crippen LogP contribution >= 0.6 is 0 Å². The van der Waals surface area contributed by atoms with Gasteiger partial charge in [0.15, 0.2) is 5.82 Å². The van der Waals surface area contributed by atoms with Crippen LogP contribution in [-0.2, 0) is 11.2 Å². The molecule has 0 saturated heterocycles. The van der Waals surface area contributed by atoms with E-state index in [2.05, 4.69) is 20.5 Å². The quantitative estimate of drug-likeness (QED) is 0.801. The zero-order valence-corrected chi connectivity index (χ0v) is 15.0. The predicted octanol–water partition coefficient (Wildman–Crippen LogP) is 2.08. The Hall–Kier alpha value is -2.70. The molecule has 0 aliphatic carbocycles. The van der Waals surface area contributed by atoms with E-state index in [1.165, 1.54) is 0 Å². The molecule has 0 spiro atoms. The van der Waals surface area contributed by atoms with Crippen LogP contribution in [0.1, 0.15) is 39.8 Å². The minimum Gasteiger partial charge on any atom is -0.491 e. The van der Waals surface area contributed by atoms with Gasteiger partial charge in [-0.3, -0.25) is 9.59 Å². The summed E-state index contributed by atoms with van der Waals surface area (Å²) >= 11 is 0. The Labute approximate surface area is 146 Å². The number of carbonyl (C=O) groups is 1. The van der Waals surface area contributed by atoms with Crippen molar-refractivity contribution in [2.75, 3.05) is 0 Å². The molecule has 7 nitrogen and oxygen atoms in total. The number of aromatic amines is 1. The summed E-state index contributed by atoms with van der Waals surface area (Å²) in [6, 6.07) is 7.33. The van der Waals surface area contributed by atoms with Crippen molar-refractivity contribution in [2.24, 2.45) is 0 Å². The summed E-state index contributed by atoms with van der Waals surface area (Å²) in [5, 5.41) is 10.8. The molecule has 1 aromatic heterocycles. The van der Waals surface area contributed by atoms with Crippen LogP contribution in [-0.4, -0.2) is 33.2 Å². The Morgan fingerprint density at radius 2 is 1.84 bits per heavy atom. The number of aromatic nitrogens is 3. The number of nitrogens with one attached hydrogen (secondary N) is 2. The fourth-order valence-electron chi connectivity index (χ4n) is 2.24. The van der Waals surface area contributed by atoms with Gasteiger partial charge >= 0.3 is 0 Å². The molecule has 1 aromatic carbocycles. The molecule has 0 atom stereocenters. The smallest absolute Gasteiger partial charge is 0.273 e. The third-order valence-corrected chi connectivity index (χ3v) is 3.30. The van der Waals surface area contributed by atoms with E-state index >= 15 is 0 Å². The summed E-state index contributed by atoms with van der Waals surface area (Å²) < 4.78 is 5.58. The molecule has 25 heavy (non-hydrogen) atoms. The second-order valence-electron chi connectivity index (χ2n) is 6.36. The van der Waals surface area contributed by atoms with Gasteiger partial charge in [-0.1, -0.05) is 0 Å². The van der Waals surface area contributed by atoms with Gasteiger partial charge in [0, 0.05) is 24.4 Å². The average molecular weight is 344 g/mol. The van der Waals surface area contributed by atoms with Crippen molar-refractivity contribution < 1.29 is 9.53 Å². The van der Waals surface area contributed by atoms with E-state index in [9.17, 15) is 9.59 Å². The molecule has 7 heteroatoms. The average Bonchev–Trinajstić information content (AvgIpc) is 2.53. The number of rotatable bonds is 7. The van der Waals surface area contributed by atoms with Crippen molar-refractivity contribution in [3.63, 3.8) is 0 Å². The third kappa shape index (κ3) is 5.70. The van der Waals surface area contributed by atoms with Crippen LogP contribution in [0.4, 0.5) is 0 Å². The molecule has 2 aromatic rings. The highest BCUT2D eigenvalue weighted by Gasteiger charge is 2.10. The number of benzene rings is 1. The lowest BCUT2D eigenvalue weighted by Gasteiger charge is -2.10. The Bertz CT molecular complexity index is 767. The predicted molar refractivity (Wildman–Crippen MR) is 95.5 cm³/mol. The maximum atomic E-state index is 12.1. The molecular formula is C18H24N4O3. The number of aryl methyl sites for hydroxylation is 1. The third-order valence-electron chi connectivity index (χ3n) is 3.30.